The molecular weight excluding hydrogens is 387 g/mol. The Balaban J connectivity index is 1.53. The molecule has 3 rings (SSSR count). The molecule has 2 aliphatic heterocycles. The molecule has 8 heteroatoms. The Morgan fingerprint density at radius 1 is 1.23 bits per heavy atom. The summed E-state index contributed by atoms with van der Waals surface area (Å²) in [5.74, 6) is 0.541. The van der Waals surface area contributed by atoms with Crippen LogP contribution in [0.4, 0.5) is 4.39 Å². The van der Waals surface area contributed by atoms with Crippen molar-refractivity contribution in [2.45, 2.75) is 31.9 Å². The first-order chi connectivity index (χ1) is 14.8. The van der Waals surface area contributed by atoms with Crippen molar-refractivity contribution in [3.05, 3.63) is 35.6 Å². The molecule has 0 radical (unpaired) electrons. The van der Waals surface area contributed by atoms with Crippen molar-refractivity contribution in [2.24, 2.45) is 4.99 Å². The van der Waals surface area contributed by atoms with Crippen LogP contribution in [0.5, 0.6) is 0 Å². The zero-order chi connectivity index (χ0) is 21.0. The van der Waals surface area contributed by atoms with E-state index in [9.17, 15) is 4.39 Å². The molecule has 2 aliphatic rings. The summed E-state index contributed by atoms with van der Waals surface area (Å²) in [5, 5.41) is 6.62. The van der Waals surface area contributed by atoms with Crippen molar-refractivity contribution in [2.75, 3.05) is 65.8 Å². The van der Waals surface area contributed by atoms with E-state index in [1.54, 1.807) is 0 Å². The van der Waals surface area contributed by atoms with E-state index in [1.165, 1.54) is 12.1 Å². The number of ether oxygens (including phenoxy) is 3. The molecule has 0 aromatic heterocycles. The minimum absolute atomic E-state index is 0.0840. The number of hydrogen-bond acceptors (Lipinski definition) is 5. The van der Waals surface area contributed by atoms with E-state index in [1.807, 2.05) is 19.1 Å². The van der Waals surface area contributed by atoms with Crippen LogP contribution in [0.25, 0.3) is 0 Å². The third-order valence-electron chi connectivity index (χ3n) is 5.37. The second-order valence-corrected chi connectivity index (χ2v) is 7.57. The molecule has 2 heterocycles. The first-order valence-electron chi connectivity index (χ1n) is 11.0. The molecule has 2 atom stereocenters. The van der Waals surface area contributed by atoms with Crippen LogP contribution in [0.2, 0.25) is 0 Å². The van der Waals surface area contributed by atoms with Crippen LogP contribution >= 0.6 is 0 Å². The smallest absolute Gasteiger partial charge is 0.191 e. The number of benzene rings is 1. The standard InChI is InChI=1S/C22H35FN4O3/c1-2-24-22(25-9-13-29-17-20-4-3-12-30-20)26-16-21(27-10-14-28-15-11-27)18-5-7-19(23)8-6-18/h5-8,20-21H,2-4,9-17H2,1H3,(H2,24,25,26). The van der Waals surface area contributed by atoms with Crippen LogP contribution in [-0.4, -0.2) is 82.7 Å². The lowest BCUT2D eigenvalue weighted by Gasteiger charge is -2.34. The summed E-state index contributed by atoms with van der Waals surface area (Å²) in [6.45, 7) is 9.30. The topological polar surface area (TPSA) is 67.4 Å². The number of morpholine rings is 1. The van der Waals surface area contributed by atoms with Crippen molar-refractivity contribution in [1.29, 1.82) is 0 Å². The Morgan fingerprint density at radius 3 is 2.73 bits per heavy atom. The van der Waals surface area contributed by atoms with Crippen LogP contribution < -0.4 is 10.6 Å². The third kappa shape index (κ3) is 7.50. The molecule has 2 saturated heterocycles. The Hall–Kier alpha value is -1.74. The quantitative estimate of drug-likeness (QED) is 0.341. The minimum Gasteiger partial charge on any atom is -0.379 e. The first kappa shape index (κ1) is 22.9. The second-order valence-electron chi connectivity index (χ2n) is 7.57. The number of hydrogen-bond donors (Lipinski definition) is 2. The van der Waals surface area contributed by atoms with Crippen LogP contribution in [0.1, 0.15) is 31.4 Å². The summed E-state index contributed by atoms with van der Waals surface area (Å²) >= 11 is 0. The molecule has 7 nitrogen and oxygen atoms in total. The number of halogens is 1. The van der Waals surface area contributed by atoms with Gasteiger partial charge >= 0.3 is 0 Å². The normalized spacial score (nSPS) is 21.5. The molecule has 2 N–H and O–H groups in total. The lowest BCUT2D eigenvalue weighted by molar-refractivity contribution is 0.0178. The maximum atomic E-state index is 13.4. The highest BCUT2D eigenvalue weighted by Crippen LogP contribution is 2.22. The van der Waals surface area contributed by atoms with Gasteiger partial charge in [-0.05, 0) is 37.5 Å². The average molecular weight is 423 g/mol. The molecule has 30 heavy (non-hydrogen) atoms. The van der Waals surface area contributed by atoms with Crippen molar-refractivity contribution in [1.82, 2.24) is 15.5 Å². The highest BCUT2D eigenvalue weighted by molar-refractivity contribution is 5.79. The zero-order valence-electron chi connectivity index (χ0n) is 17.9. The molecular formula is C22H35FN4O3. The van der Waals surface area contributed by atoms with Gasteiger partial charge < -0.3 is 24.8 Å². The Morgan fingerprint density at radius 2 is 2.03 bits per heavy atom. The van der Waals surface area contributed by atoms with E-state index in [-0.39, 0.29) is 18.0 Å². The molecule has 0 saturated carbocycles. The molecule has 168 valence electrons. The van der Waals surface area contributed by atoms with Gasteiger partial charge in [0.1, 0.15) is 5.82 Å². The second kappa shape index (κ2) is 12.8. The van der Waals surface area contributed by atoms with Gasteiger partial charge in [-0.2, -0.15) is 0 Å². The highest BCUT2D eigenvalue weighted by Gasteiger charge is 2.22. The Kier molecular flexibility index (Phi) is 9.82. The van der Waals surface area contributed by atoms with Gasteiger partial charge in [0.25, 0.3) is 0 Å². The van der Waals surface area contributed by atoms with Crippen LogP contribution in [-0.2, 0) is 14.2 Å². The summed E-state index contributed by atoms with van der Waals surface area (Å²) < 4.78 is 30.2. The summed E-state index contributed by atoms with van der Waals surface area (Å²) in [6.07, 6.45) is 2.46. The van der Waals surface area contributed by atoms with Gasteiger partial charge in [-0.15, -0.1) is 0 Å². The van der Waals surface area contributed by atoms with E-state index < -0.39 is 0 Å². The van der Waals surface area contributed by atoms with Crippen molar-refractivity contribution >= 4 is 5.96 Å². The van der Waals surface area contributed by atoms with Crippen molar-refractivity contribution in [3.63, 3.8) is 0 Å². The van der Waals surface area contributed by atoms with Gasteiger partial charge in [-0.25, -0.2) is 4.39 Å². The maximum Gasteiger partial charge on any atom is 0.191 e. The third-order valence-corrected chi connectivity index (χ3v) is 5.37. The SMILES string of the molecule is CCNC(=NCC(c1ccc(F)cc1)N1CCOCC1)NCCOCC1CCCO1. The molecule has 1 aromatic carbocycles. The maximum absolute atomic E-state index is 13.4. The lowest BCUT2D eigenvalue weighted by atomic mass is 10.0. The monoisotopic (exact) mass is 422 g/mol. The van der Waals surface area contributed by atoms with E-state index >= 15 is 0 Å². The minimum atomic E-state index is -0.221. The predicted molar refractivity (Wildman–Crippen MR) is 115 cm³/mol. The Bertz CT molecular complexity index is 632. The largest absolute Gasteiger partial charge is 0.379 e. The van der Waals surface area contributed by atoms with Gasteiger partial charge in [-0.3, -0.25) is 9.89 Å². The number of nitrogens with one attached hydrogen (secondary N) is 2. The fourth-order valence-electron chi connectivity index (χ4n) is 3.76. The van der Waals surface area contributed by atoms with E-state index in [0.29, 0.717) is 39.5 Å². The fourth-order valence-corrected chi connectivity index (χ4v) is 3.76. The molecule has 0 bridgehead atoms. The molecule has 0 amide bonds. The Labute approximate surface area is 179 Å². The van der Waals surface area contributed by atoms with Crippen molar-refractivity contribution in [3.8, 4) is 0 Å². The fraction of sp³-hybridized carbons (Fsp3) is 0.682. The predicted octanol–water partition coefficient (Wildman–Crippen LogP) is 1.95. The molecule has 0 aliphatic carbocycles. The van der Waals surface area contributed by atoms with E-state index in [4.69, 9.17) is 19.2 Å². The van der Waals surface area contributed by atoms with Gasteiger partial charge in [0.05, 0.1) is 45.1 Å². The van der Waals surface area contributed by atoms with E-state index in [2.05, 4.69) is 15.5 Å². The van der Waals surface area contributed by atoms with Crippen molar-refractivity contribution < 1.29 is 18.6 Å². The van der Waals surface area contributed by atoms with Gasteiger partial charge in [-0.1, -0.05) is 12.1 Å². The lowest BCUT2D eigenvalue weighted by Crippen LogP contribution is -2.42. The first-order valence-corrected chi connectivity index (χ1v) is 11.0. The summed E-state index contributed by atoms with van der Waals surface area (Å²) in [4.78, 5) is 7.16. The van der Waals surface area contributed by atoms with Gasteiger partial charge in [0, 0.05) is 32.8 Å². The average Bonchev–Trinajstić information content (AvgIpc) is 3.29. The zero-order valence-corrected chi connectivity index (χ0v) is 17.9. The summed E-state index contributed by atoms with van der Waals surface area (Å²) in [7, 11) is 0. The van der Waals surface area contributed by atoms with Crippen LogP contribution in [0, 0.1) is 5.82 Å². The number of nitrogens with zero attached hydrogens (tertiary/aromatic N) is 2. The van der Waals surface area contributed by atoms with Crippen LogP contribution in [0.15, 0.2) is 29.3 Å². The highest BCUT2D eigenvalue weighted by atomic mass is 19.1. The van der Waals surface area contributed by atoms with Gasteiger partial charge in [0.15, 0.2) is 5.96 Å². The summed E-state index contributed by atoms with van der Waals surface area (Å²) in [6, 6.07) is 6.82. The molecule has 2 fully saturated rings. The van der Waals surface area contributed by atoms with Gasteiger partial charge in [0.2, 0.25) is 0 Å². The molecule has 2 unspecified atom stereocenters. The summed E-state index contributed by atoms with van der Waals surface area (Å²) in [5.41, 5.74) is 1.07. The van der Waals surface area contributed by atoms with Crippen LogP contribution in [0.3, 0.4) is 0 Å². The number of guanidine groups is 1. The number of aliphatic imine (C=N–C) groups is 1. The van der Waals surface area contributed by atoms with E-state index in [0.717, 1.165) is 50.6 Å². The molecule has 1 aromatic rings. The number of rotatable bonds is 10. The molecule has 0 spiro atoms.